The lowest BCUT2D eigenvalue weighted by atomic mass is 10.1. The van der Waals surface area contributed by atoms with Gasteiger partial charge in [0.05, 0.1) is 0 Å². The average Bonchev–Trinajstić information content (AvgIpc) is 2.22. The van der Waals surface area contributed by atoms with Gasteiger partial charge in [-0.3, -0.25) is 0 Å². The van der Waals surface area contributed by atoms with Crippen LogP contribution >= 0.6 is 0 Å². The number of rotatable bonds is 4. The number of aldehydes is 1. The van der Waals surface area contributed by atoms with Crippen LogP contribution in [0, 0.1) is 0 Å². The van der Waals surface area contributed by atoms with Gasteiger partial charge < -0.3 is 4.79 Å². The van der Waals surface area contributed by atoms with Gasteiger partial charge in [-0.15, -0.1) is 0 Å². The van der Waals surface area contributed by atoms with Crippen molar-refractivity contribution in [3.8, 4) is 0 Å². The van der Waals surface area contributed by atoms with Crippen LogP contribution < -0.4 is 0 Å². The maximum Gasteiger partial charge on any atom is 0.119 e. The fourth-order valence-corrected chi connectivity index (χ4v) is 1.05. The highest BCUT2D eigenvalue weighted by atomic mass is 16.1. The zero-order chi connectivity index (χ0) is 10.6. The fourth-order valence-electron chi connectivity index (χ4n) is 1.05. The van der Waals surface area contributed by atoms with E-state index in [4.69, 9.17) is 0 Å². The maximum absolute atomic E-state index is 9.40. The molecule has 1 rings (SSSR count). The van der Waals surface area contributed by atoms with Gasteiger partial charge in [-0.25, -0.2) is 0 Å². The molecule has 0 radical (unpaired) electrons. The molecule has 78 valence electrons. The average molecular weight is 192 g/mol. The van der Waals surface area contributed by atoms with Crippen LogP contribution in [0.4, 0.5) is 0 Å². The molecule has 0 aliphatic rings. The van der Waals surface area contributed by atoms with Gasteiger partial charge in [0.1, 0.15) is 6.29 Å². The lowest BCUT2D eigenvalue weighted by Gasteiger charge is -1.93. The highest BCUT2D eigenvalue weighted by molar-refractivity contribution is 5.48. The van der Waals surface area contributed by atoms with Crippen molar-refractivity contribution in [2.45, 2.75) is 39.5 Å². The predicted octanol–water partition coefficient (Wildman–Crippen LogP) is 3.62. The van der Waals surface area contributed by atoms with E-state index in [-0.39, 0.29) is 0 Å². The number of aryl methyl sites for hydroxylation is 1. The lowest BCUT2D eigenvalue weighted by Crippen LogP contribution is -1.78. The van der Waals surface area contributed by atoms with Crippen LogP contribution in [0.3, 0.4) is 0 Å². The third kappa shape index (κ3) is 7.53. The van der Waals surface area contributed by atoms with Crippen LogP contribution in [0.15, 0.2) is 30.3 Å². The van der Waals surface area contributed by atoms with Crippen LogP contribution in [0.5, 0.6) is 0 Å². The Morgan fingerprint density at radius 1 is 1.07 bits per heavy atom. The first-order chi connectivity index (χ1) is 6.85. The molecule has 0 atom stereocenters. The summed E-state index contributed by atoms with van der Waals surface area (Å²) in [5.74, 6) is 0. The summed E-state index contributed by atoms with van der Waals surface area (Å²) < 4.78 is 0. The van der Waals surface area contributed by atoms with Crippen molar-refractivity contribution in [2.24, 2.45) is 0 Å². The lowest BCUT2D eigenvalue weighted by molar-refractivity contribution is -0.107. The van der Waals surface area contributed by atoms with Crippen molar-refractivity contribution >= 4 is 6.29 Å². The van der Waals surface area contributed by atoms with E-state index in [9.17, 15) is 4.79 Å². The molecule has 0 heterocycles. The summed E-state index contributed by atoms with van der Waals surface area (Å²) in [6, 6.07) is 10.6. The van der Waals surface area contributed by atoms with Gasteiger partial charge in [0, 0.05) is 6.42 Å². The minimum absolute atomic E-state index is 0.708. The Kier molecular flexibility index (Phi) is 9.18. The predicted molar refractivity (Wildman–Crippen MR) is 61.4 cm³/mol. The van der Waals surface area contributed by atoms with Crippen molar-refractivity contribution in [3.05, 3.63) is 35.9 Å². The van der Waals surface area contributed by atoms with Gasteiger partial charge in [-0.2, -0.15) is 0 Å². The molecule has 1 aromatic rings. The molecule has 0 aromatic heterocycles. The van der Waals surface area contributed by atoms with Crippen molar-refractivity contribution in [1.82, 2.24) is 0 Å². The maximum atomic E-state index is 9.40. The van der Waals surface area contributed by atoms with Gasteiger partial charge in [-0.1, -0.05) is 50.6 Å². The molecular formula is C13H20O. The molecule has 0 saturated heterocycles. The van der Waals surface area contributed by atoms with E-state index in [0.29, 0.717) is 6.42 Å². The Morgan fingerprint density at radius 3 is 2.07 bits per heavy atom. The monoisotopic (exact) mass is 192 g/mol. The number of unbranched alkanes of at least 4 members (excludes halogenated alkanes) is 1. The molecule has 0 bridgehead atoms. The van der Waals surface area contributed by atoms with Crippen LogP contribution in [-0.2, 0) is 11.2 Å². The van der Waals surface area contributed by atoms with E-state index < -0.39 is 0 Å². The molecule has 0 unspecified atom stereocenters. The minimum Gasteiger partial charge on any atom is -0.303 e. The van der Waals surface area contributed by atoms with Crippen LogP contribution in [0.1, 0.15) is 38.7 Å². The van der Waals surface area contributed by atoms with Gasteiger partial charge in [-0.05, 0) is 18.4 Å². The van der Waals surface area contributed by atoms with Crippen LogP contribution in [0.25, 0.3) is 0 Å². The number of benzene rings is 1. The SMILES string of the molecule is CCCC=O.CCCc1ccccc1. The summed E-state index contributed by atoms with van der Waals surface area (Å²) in [6.45, 7) is 4.18. The molecule has 1 nitrogen and oxygen atoms in total. The Morgan fingerprint density at radius 2 is 1.71 bits per heavy atom. The zero-order valence-electron chi connectivity index (χ0n) is 9.20. The van der Waals surface area contributed by atoms with E-state index in [0.717, 1.165) is 12.7 Å². The first-order valence-electron chi connectivity index (χ1n) is 5.32. The fraction of sp³-hybridized carbons (Fsp3) is 0.462. The summed E-state index contributed by atoms with van der Waals surface area (Å²) in [5, 5.41) is 0. The standard InChI is InChI=1S/C9H12.C4H8O/c1-2-6-9-7-4-3-5-8-9;1-2-3-4-5/h3-5,7-8H,2,6H2,1H3;4H,2-3H2,1H3. The highest BCUT2D eigenvalue weighted by Gasteiger charge is 1.84. The summed E-state index contributed by atoms with van der Waals surface area (Å²) in [7, 11) is 0. The van der Waals surface area contributed by atoms with Gasteiger partial charge >= 0.3 is 0 Å². The normalized spacial score (nSPS) is 8.71. The molecule has 1 aromatic carbocycles. The Balaban J connectivity index is 0.000000292. The zero-order valence-corrected chi connectivity index (χ0v) is 9.20. The Labute approximate surface area is 87.2 Å². The third-order valence-corrected chi connectivity index (χ3v) is 1.79. The number of hydrogen-bond acceptors (Lipinski definition) is 1. The van der Waals surface area contributed by atoms with Crippen molar-refractivity contribution in [1.29, 1.82) is 0 Å². The summed E-state index contributed by atoms with van der Waals surface area (Å²) in [4.78, 5) is 9.40. The van der Waals surface area contributed by atoms with E-state index in [1.54, 1.807) is 0 Å². The van der Waals surface area contributed by atoms with E-state index in [1.807, 2.05) is 6.92 Å². The van der Waals surface area contributed by atoms with E-state index in [2.05, 4.69) is 37.3 Å². The van der Waals surface area contributed by atoms with Crippen molar-refractivity contribution < 1.29 is 4.79 Å². The quantitative estimate of drug-likeness (QED) is 0.666. The molecule has 14 heavy (non-hydrogen) atoms. The molecule has 0 N–H and O–H groups in total. The molecule has 0 aliphatic carbocycles. The van der Waals surface area contributed by atoms with Crippen molar-refractivity contribution in [3.63, 3.8) is 0 Å². The second kappa shape index (κ2) is 9.97. The second-order valence-corrected chi connectivity index (χ2v) is 3.19. The van der Waals surface area contributed by atoms with E-state index >= 15 is 0 Å². The molecule has 0 fully saturated rings. The van der Waals surface area contributed by atoms with Gasteiger partial charge in [0.15, 0.2) is 0 Å². The molecular weight excluding hydrogens is 172 g/mol. The van der Waals surface area contributed by atoms with E-state index in [1.165, 1.54) is 18.4 Å². The number of carbonyl (C=O) groups is 1. The van der Waals surface area contributed by atoms with Gasteiger partial charge in [0.2, 0.25) is 0 Å². The van der Waals surface area contributed by atoms with Crippen LogP contribution in [0.2, 0.25) is 0 Å². The highest BCUT2D eigenvalue weighted by Crippen LogP contribution is 2.00. The Hall–Kier alpha value is -1.11. The Bertz CT molecular complexity index is 216. The minimum atomic E-state index is 0.708. The van der Waals surface area contributed by atoms with Crippen LogP contribution in [-0.4, -0.2) is 6.29 Å². The first-order valence-corrected chi connectivity index (χ1v) is 5.32. The third-order valence-electron chi connectivity index (χ3n) is 1.79. The molecule has 1 heteroatoms. The van der Waals surface area contributed by atoms with Crippen molar-refractivity contribution in [2.75, 3.05) is 0 Å². The molecule has 0 saturated carbocycles. The number of hydrogen-bond donors (Lipinski definition) is 0. The number of carbonyl (C=O) groups excluding carboxylic acids is 1. The second-order valence-electron chi connectivity index (χ2n) is 3.19. The first kappa shape index (κ1) is 12.9. The largest absolute Gasteiger partial charge is 0.303 e. The van der Waals surface area contributed by atoms with Gasteiger partial charge in [0.25, 0.3) is 0 Å². The smallest absolute Gasteiger partial charge is 0.119 e. The molecule has 0 spiro atoms. The molecule has 0 amide bonds. The summed E-state index contributed by atoms with van der Waals surface area (Å²) >= 11 is 0. The summed E-state index contributed by atoms with van der Waals surface area (Å²) in [6.07, 6.45) is 5.06. The summed E-state index contributed by atoms with van der Waals surface area (Å²) in [5.41, 5.74) is 1.44. The molecule has 0 aliphatic heterocycles. The topological polar surface area (TPSA) is 17.1 Å².